The molecule has 0 saturated heterocycles. The quantitative estimate of drug-likeness (QED) is 0.265. The van der Waals surface area contributed by atoms with Crippen LogP contribution in [0.3, 0.4) is 0 Å². The van der Waals surface area contributed by atoms with Crippen molar-refractivity contribution in [1.82, 2.24) is 14.9 Å². The molecule has 0 aliphatic heterocycles. The standard InChI is InChI=1S/C23H21BrFN7O2/c1-13(2)32(12-26)21(27)18-4-3-5-20(30-18)31-22(33)16-10-15(7-8-17(16)25)29-23(34)19-9-6-14(24)11-28-19/h3-13,26-27H,1-2H3,(H,29,34)(H,30,31,33). The highest BCUT2D eigenvalue weighted by molar-refractivity contribution is 9.10. The summed E-state index contributed by atoms with van der Waals surface area (Å²) in [5.41, 5.74) is 0.302. The molecule has 0 spiro atoms. The third-order valence-corrected chi connectivity index (χ3v) is 5.08. The Morgan fingerprint density at radius 3 is 2.50 bits per heavy atom. The number of halogens is 2. The molecular formula is C23H21BrFN7O2. The maximum absolute atomic E-state index is 14.4. The fourth-order valence-corrected chi connectivity index (χ4v) is 3.14. The van der Waals surface area contributed by atoms with E-state index in [1.54, 1.807) is 18.2 Å². The van der Waals surface area contributed by atoms with Crippen LogP contribution in [0.4, 0.5) is 15.9 Å². The van der Waals surface area contributed by atoms with Gasteiger partial charge in [-0.1, -0.05) is 6.07 Å². The van der Waals surface area contributed by atoms with Crippen molar-refractivity contribution in [2.24, 2.45) is 0 Å². The maximum Gasteiger partial charge on any atom is 0.274 e. The molecule has 0 bridgehead atoms. The van der Waals surface area contributed by atoms with Gasteiger partial charge in [0.15, 0.2) is 5.84 Å². The number of aromatic nitrogens is 2. The molecule has 2 heterocycles. The Kier molecular flexibility index (Phi) is 7.79. The van der Waals surface area contributed by atoms with E-state index in [1.807, 2.05) is 13.8 Å². The van der Waals surface area contributed by atoms with Crippen LogP contribution in [-0.4, -0.2) is 44.9 Å². The summed E-state index contributed by atoms with van der Waals surface area (Å²) in [6.07, 6.45) is 2.50. The van der Waals surface area contributed by atoms with E-state index in [2.05, 4.69) is 36.5 Å². The van der Waals surface area contributed by atoms with Crippen molar-refractivity contribution in [1.29, 1.82) is 10.8 Å². The van der Waals surface area contributed by atoms with E-state index in [4.69, 9.17) is 10.8 Å². The molecule has 0 radical (unpaired) electrons. The summed E-state index contributed by atoms with van der Waals surface area (Å²) >= 11 is 3.24. The van der Waals surface area contributed by atoms with Gasteiger partial charge in [0.1, 0.15) is 23.0 Å². The molecule has 3 rings (SSSR count). The second kappa shape index (κ2) is 10.8. The zero-order valence-corrected chi connectivity index (χ0v) is 19.9. The van der Waals surface area contributed by atoms with E-state index in [0.29, 0.717) is 4.47 Å². The Balaban J connectivity index is 1.77. The van der Waals surface area contributed by atoms with Crippen LogP contribution in [0.5, 0.6) is 0 Å². The van der Waals surface area contributed by atoms with E-state index in [9.17, 15) is 14.0 Å². The number of carbonyl (C=O) groups is 2. The minimum Gasteiger partial charge on any atom is -0.321 e. The van der Waals surface area contributed by atoms with Crippen LogP contribution in [0.2, 0.25) is 0 Å². The molecule has 0 fully saturated rings. The minimum atomic E-state index is -0.782. The summed E-state index contributed by atoms with van der Waals surface area (Å²) in [4.78, 5) is 34.8. The normalized spacial score (nSPS) is 10.5. The van der Waals surface area contributed by atoms with Gasteiger partial charge in [0.25, 0.3) is 11.8 Å². The highest BCUT2D eigenvalue weighted by atomic mass is 79.9. The number of amidine groups is 1. The minimum absolute atomic E-state index is 0.0152. The van der Waals surface area contributed by atoms with Gasteiger partial charge in [-0.2, -0.15) is 0 Å². The predicted octanol–water partition coefficient (Wildman–Crippen LogP) is 4.53. The van der Waals surface area contributed by atoms with E-state index in [0.717, 1.165) is 12.4 Å². The molecule has 2 amide bonds. The highest BCUT2D eigenvalue weighted by Gasteiger charge is 2.18. The average molecular weight is 526 g/mol. The lowest BCUT2D eigenvalue weighted by Crippen LogP contribution is -2.36. The molecule has 0 unspecified atom stereocenters. The van der Waals surface area contributed by atoms with Crippen molar-refractivity contribution in [2.75, 3.05) is 10.6 Å². The molecule has 0 aliphatic carbocycles. The van der Waals surface area contributed by atoms with Crippen molar-refractivity contribution in [3.8, 4) is 0 Å². The van der Waals surface area contributed by atoms with Crippen LogP contribution in [0.15, 0.2) is 59.2 Å². The van der Waals surface area contributed by atoms with Crippen molar-refractivity contribution in [2.45, 2.75) is 19.9 Å². The first kappa shape index (κ1) is 24.6. The number of hydrogen-bond acceptors (Lipinski definition) is 6. The van der Waals surface area contributed by atoms with Gasteiger partial charge in [0.2, 0.25) is 0 Å². The van der Waals surface area contributed by atoms with E-state index >= 15 is 0 Å². The van der Waals surface area contributed by atoms with Crippen LogP contribution < -0.4 is 10.6 Å². The van der Waals surface area contributed by atoms with E-state index in [-0.39, 0.29) is 40.3 Å². The Hall–Kier alpha value is -3.99. The largest absolute Gasteiger partial charge is 0.321 e. The van der Waals surface area contributed by atoms with Gasteiger partial charge in [-0.25, -0.2) is 14.4 Å². The number of benzene rings is 1. The number of nitrogens with zero attached hydrogens (tertiary/aromatic N) is 3. The lowest BCUT2D eigenvalue weighted by Gasteiger charge is -2.23. The van der Waals surface area contributed by atoms with Crippen molar-refractivity contribution >= 4 is 51.4 Å². The van der Waals surface area contributed by atoms with E-state index < -0.39 is 17.6 Å². The molecule has 2 aromatic heterocycles. The molecule has 0 atom stereocenters. The van der Waals surface area contributed by atoms with Crippen molar-refractivity contribution in [3.63, 3.8) is 0 Å². The van der Waals surface area contributed by atoms with Crippen LogP contribution in [0, 0.1) is 16.6 Å². The molecule has 1 aromatic carbocycles. The Labute approximate surface area is 203 Å². The van der Waals surface area contributed by atoms with Gasteiger partial charge >= 0.3 is 0 Å². The predicted molar refractivity (Wildman–Crippen MR) is 131 cm³/mol. The zero-order valence-electron chi connectivity index (χ0n) is 18.3. The van der Waals surface area contributed by atoms with Gasteiger partial charge < -0.3 is 15.5 Å². The van der Waals surface area contributed by atoms with Gasteiger partial charge in [0, 0.05) is 22.4 Å². The number of hydrogen-bond donors (Lipinski definition) is 4. The first-order chi connectivity index (χ1) is 16.2. The monoisotopic (exact) mass is 525 g/mol. The van der Waals surface area contributed by atoms with E-state index in [1.165, 1.54) is 35.4 Å². The van der Waals surface area contributed by atoms with Crippen LogP contribution in [-0.2, 0) is 0 Å². The third-order valence-electron chi connectivity index (χ3n) is 4.62. The molecule has 34 heavy (non-hydrogen) atoms. The molecule has 9 nitrogen and oxygen atoms in total. The Morgan fingerprint density at radius 1 is 1.09 bits per heavy atom. The molecule has 11 heteroatoms. The summed E-state index contributed by atoms with van der Waals surface area (Å²) in [6.45, 7) is 3.65. The zero-order chi connectivity index (χ0) is 24.8. The number of carbonyl (C=O) groups excluding carboxylic acids is 2. The van der Waals surface area contributed by atoms with Gasteiger partial charge in [-0.3, -0.25) is 20.4 Å². The molecule has 0 saturated carbocycles. The number of anilines is 2. The Morgan fingerprint density at radius 2 is 1.85 bits per heavy atom. The van der Waals surface area contributed by atoms with Gasteiger partial charge in [0.05, 0.1) is 11.9 Å². The van der Waals surface area contributed by atoms with Crippen LogP contribution in [0.25, 0.3) is 0 Å². The first-order valence-corrected chi connectivity index (χ1v) is 10.9. The van der Waals surface area contributed by atoms with Crippen molar-refractivity contribution < 1.29 is 14.0 Å². The molecule has 0 aliphatic rings. The number of pyridine rings is 2. The smallest absolute Gasteiger partial charge is 0.274 e. The fourth-order valence-electron chi connectivity index (χ4n) is 2.91. The third kappa shape index (κ3) is 5.87. The number of amides is 2. The SMILES string of the molecule is CC(C)N(C=N)C(=N)c1cccc(NC(=O)c2cc(NC(=O)c3ccc(Br)cn3)ccc2F)n1. The lowest BCUT2D eigenvalue weighted by molar-refractivity contribution is 0.101. The van der Waals surface area contributed by atoms with Crippen molar-refractivity contribution in [3.05, 3.63) is 82.0 Å². The van der Waals surface area contributed by atoms with Crippen LogP contribution in [0.1, 0.15) is 40.4 Å². The summed E-state index contributed by atoms with van der Waals surface area (Å²) in [5, 5.41) is 20.8. The number of nitrogens with one attached hydrogen (secondary N) is 4. The maximum atomic E-state index is 14.4. The van der Waals surface area contributed by atoms with Gasteiger partial charge in [-0.05, 0) is 72.2 Å². The summed E-state index contributed by atoms with van der Waals surface area (Å²) in [5.74, 6) is -1.98. The lowest BCUT2D eigenvalue weighted by atomic mass is 10.1. The molecule has 3 aromatic rings. The van der Waals surface area contributed by atoms with Gasteiger partial charge in [-0.15, -0.1) is 0 Å². The molecule has 4 N–H and O–H groups in total. The molecule has 174 valence electrons. The average Bonchev–Trinajstić information content (AvgIpc) is 2.81. The number of rotatable bonds is 7. The summed E-state index contributed by atoms with van der Waals surface area (Å²) in [7, 11) is 0. The molecular weight excluding hydrogens is 505 g/mol. The Bertz CT molecular complexity index is 1250. The second-order valence-electron chi connectivity index (χ2n) is 7.35. The fraction of sp³-hybridized carbons (Fsp3) is 0.130. The second-order valence-corrected chi connectivity index (χ2v) is 8.27. The van der Waals surface area contributed by atoms with Crippen LogP contribution >= 0.6 is 15.9 Å². The summed E-state index contributed by atoms with van der Waals surface area (Å²) < 4.78 is 15.1. The first-order valence-electron chi connectivity index (χ1n) is 10.1. The summed E-state index contributed by atoms with van der Waals surface area (Å²) in [6, 6.07) is 11.3. The highest BCUT2D eigenvalue weighted by Crippen LogP contribution is 2.18. The topological polar surface area (TPSA) is 135 Å².